The van der Waals surface area contributed by atoms with Crippen molar-refractivity contribution in [2.24, 2.45) is 0 Å². The van der Waals surface area contributed by atoms with Gasteiger partial charge in [0, 0.05) is 13.0 Å². The van der Waals surface area contributed by atoms with E-state index in [0.717, 1.165) is 31.5 Å². The first-order chi connectivity index (χ1) is 9.84. The molecule has 2 heterocycles. The number of rotatable bonds is 4. The predicted octanol–water partition coefficient (Wildman–Crippen LogP) is 2.08. The molecule has 0 saturated heterocycles. The summed E-state index contributed by atoms with van der Waals surface area (Å²) < 4.78 is 51.9. The first kappa shape index (κ1) is 15.7. The van der Waals surface area contributed by atoms with Crippen LogP contribution >= 0.6 is 0 Å². The van der Waals surface area contributed by atoms with Gasteiger partial charge in [-0.25, -0.2) is 8.78 Å². The van der Waals surface area contributed by atoms with Crippen LogP contribution in [-0.4, -0.2) is 33.0 Å². The van der Waals surface area contributed by atoms with Gasteiger partial charge in [-0.1, -0.05) is 6.42 Å². The average Bonchev–Trinajstić information content (AvgIpc) is 2.67. The van der Waals surface area contributed by atoms with E-state index in [1.54, 1.807) is 4.57 Å². The molecule has 1 N–H and O–H groups in total. The summed E-state index contributed by atoms with van der Waals surface area (Å²) in [4.78, 5) is 11.2. The molecule has 1 unspecified atom stereocenters. The summed E-state index contributed by atoms with van der Waals surface area (Å²) in [5.74, 6) is -5.68. The van der Waals surface area contributed by atoms with Gasteiger partial charge < -0.3 is 9.88 Å². The van der Waals surface area contributed by atoms with Gasteiger partial charge in [0.25, 0.3) is 5.91 Å². The number of hydrogen-bond donors (Lipinski definition) is 1. The number of alkyl halides is 4. The van der Waals surface area contributed by atoms with Crippen molar-refractivity contribution < 1.29 is 22.4 Å². The summed E-state index contributed by atoms with van der Waals surface area (Å²) in [7, 11) is 0. The van der Waals surface area contributed by atoms with E-state index in [1.165, 1.54) is 6.92 Å². The fraction of sp³-hybridized carbons (Fsp3) is 0.750. The highest BCUT2D eigenvalue weighted by Gasteiger charge is 2.49. The number of nitrogens with one attached hydrogen (secondary N) is 1. The Morgan fingerprint density at radius 2 is 2.00 bits per heavy atom. The highest BCUT2D eigenvalue weighted by Crippen LogP contribution is 2.25. The van der Waals surface area contributed by atoms with Gasteiger partial charge in [-0.15, -0.1) is 10.2 Å². The standard InChI is InChI=1S/C12H16F4N4O/c1-7(17-11(21)12(15,16)10(13)14)9-19-18-8-5-3-2-4-6-20(8)9/h7,10H,2-6H2,1H3,(H,17,21). The van der Waals surface area contributed by atoms with Crippen LogP contribution < -0.4 is 5.32 Å². The molecule has 2 rings (SSSR count). The Morgan fingerprint density at radius 1 is 1.29 bits per heavy atom. The maximum absolute atomic E-state index is 12.9. The van der Waals surface area contributed by atoms with Crippen LogP contribution in [0.1, 0.15) is 43.9 Å². The van der Waals surface area contributed by atoms with E-state index in [2.05, 4.69) is 10.2 Å². The fourth-order valence-electron chi connectivity index (χ4n) is 2.28. The molecule has 0 saturated carbocycles. The van der Waals surface area contributed by atoms with Gasteiger partial charge in [0.05, 0.1) is 6.04 Å². The fourth-order valence-corrected chi connectivity index (χ4v) is 2.28. The van der Waals surface area contributed by atoms with Crippen LogP contribution in [-0.2, 0) is 17.8 Å². The minimum absolute atomic E-state index is 0.310. The monoisotopic (exact) mass is 308 g/mol. The summed E-state index contributed by atoms with van der Waals surface area (Å²) in [6, 6.07) is -0.915. The van der Waals surface area contributed by atoms with Gasteiger partial charge in [0.1, 0.15) is 5.82 Å². The molecule has 0 radical (unpaired) electrons. The van der Waals surface area contributed by atoms with Crippen LogP contribution in [0, 0.1) is 0 Å². The zero-order valence-corrected chi connectivity index (χ0v) is 11.5. The molecule has 0 bridgehead atoms. The molecule has 118 valence electrons. The lowest BCUT2D eigenvalue weighted by molar-refractivity contribution is -0.170. The lowest BCUT2D eigenvalue weighted by Crippen LogP contribution is -2.46. The molecule has 0 spiro atoms. The normalized spacial score (nSPS) is 17.2. The molecule has 1 amide bonds. The quantitative estimate of drug-likeness (QED) is 0.866. The predicted molar refractivity (Wildman–Crippen MR) is 65.1 cm³/mol. The summed E-state index contributed by atoms with van der Waals surface area (Å²) in [5, 5.41) is 9.74. The largest absolute Gasteiger partial charge is 0.383 e. The molecule has 1 aromatic heterocycles. The summed E-state index contributed by atoms with van der Waals surface area (Å²) in [6.07, 6.45) is -0.442. The van der Waals surface area contributed by atoms with Crippen molar-refractivity contribution >= 4 is 5.91 Å². The van der Waals surface area contributed by atoms with E-state index < -0.39 is 24.3 Å². The number of hydrogen-bond acceptors (Lipinski definition) is 3. The van der Waals surface area contributed by atoms with E-state index in [9.17, 15) is 22.4 Å². The molecule has 0 aromatic carbocycles. The second-order valence-corrected chi connectivity index (χ2v) is 5.06. The molecule has 1 aliphatic rings. The van der Waals surface area contributed by atoms with Crippen molar-refractivity contribution in [3.63, 3.8) is 0 Å². The minimum Gasteiger partial charge on any atom is -0.341 e. The smallest absolute Gasteiger partial charge is 0.341 e. The molecule has 9 heteroatoms. The number of carbonyl (C=O) groups excluding carboxylic acids is 1. The maximum atomic E-state index is 12.9. The number of aryl methyl sites for hydroxylation is 1. The zero-order valence-electron chi connectivity index (χ0n) is 11.5. The van der Waals surface area contributed by atoms with Gasteiger partial charge >= 0.3 is 12.3 Å². The number of aromatic nitrogens is 3. The minimum atomic E-state index is -4.71. The van der Waals surface area contributed by atoms with Crippen molar-refractivity contribution in [2.75, 3.05) is 0 Å². The molecule has 1 aromatic rings. The second kappa shape index (κ2) is 5.98. The van der Waals surface area contributed by atoms with Gasteiger partial charge in [-0.2, -0.15) is 8.78 Å². The van der Waals surface area contributed by atoms with Gasteiger partial charge in [-0.05, 0) is 19.8 Å². The van der Waals surface area contributed by atoms with Crippen LogP contribution in [0.2, 0.25) is 0 Å². The number of carbonyl (C=O) groups is 1. The maximum Gasteiger partial charge on any atom is 0.383 e. The highest BCUT2D eigenvalue weighted by molar-refractivity contribution is 5.84. The van der Waals surface area contributed by atoms with Gasteiger partial charge in [0.15, 0.2) is 5.82 Å². The average molecular weight is 308 g/mol. The first-order valence-electron chi connectivity index (χ1n) is 6.73. The SMILES string of the molecule is CC(NC(=O)C(F)(F)C(F)F)c1nnc2n1CCCCC2. The Labute approximate surface area is 118 Å². The van der Waals surface area contributed by atoms with E-state index >= 15 is 0 Å². The molecular formula is C12H16F4N4O. The van der Waals surface area contributed by atoms with E-state index in [0.29, 0.717) is 12.4 Å². The van der Waals surface area contributed by atoms with Gasteiger partial charge in [0.2, 0.25) is 0 Å². The molecule has 1 atom stereocenters. The third-order valence-electron chi connectivity index (χ3n) is 3.45. The number of halogens is 4. The van der Waals surface area contributed by atoms with Crippen molar-refractivity contribution in [1.82, 2.24) is 20.1 Å². The van der Waals surface area contributed by atoms with Crippen LogP contribution in [0.4, 0.5) is 17.6 Å². The third-order valence-corrected chi connectivity index (χ3v) is 3.45. The van der Waals surface area contributed by atoms with E-state index in [4.69, 9.17) is 0 Å². The van der Waals surface area contributed by atoms with Crippen molar-refractivity contribution in [3.8, 4) is 0 Å². The highest BCUT2D eigenvalue weighted by atomic mass is 19.3. The Bertz CT molecular complexity index is 517. The summed E-state index contributed by atoms with van der Waals surface area (Å²) in [6.45, 7) is 2.05. The lowest BCUT2D eigenvalue weighted by atomic mass is 10.2. The molecular weight excluding hydrogens is 292 g/mol. The topological polar surface area (TPSA) is 59.8 Å². The van der Waals surface area contributed by atoms with Crippen molar-refractivity contribution in [3.05, 3.63) is 11.6 Å². The summed E-state index contributed by atoms with van der Waals surface area (Å²) in [5.41, 5.74) is 0. The Kier molecular flexibility index (Phi) is 4.48. The van der Waals surface area contributed by atoms with Crippen LogP contribution in [0.3, 0.4) is 0 Å². The number of nitrogens with zero attached hydrogens (tertiary/aromatic N) is 3. The third kappa shape index (κ3) is 3.16. The van der Waals surface area contributed by atoms with Crippen LogP contribution in [0.15, 0.2) is 0 Å². The first-order valence-corrected chi connectivity index (χ1v) is 6.73. The Morgan fingerprint density at radius 3 is 2.67 bits per heavy atom. The Hall–Kier alpha value is -1.67. The molecule has 5 nitrogen and oxygen atoms in total. The lowest BCUT2D eigenvalue weighted by Gasteiger charge is -2.19. The Balaban J connectivity index is 2.12. The number of fused-ring (bicyclic) bond motifs is 1. The molecule has 1 aliphatic heterocycles. The van der Waals surface area contributed by atoms with Crippen molar-refractivity contribution in [2.45, 2.75) is 57.5 Å². The van der Waals surface area contributed by atoms with Gasteiger partial charge in [-0.3, -0.25) is 4.79 Å². The molecule has 21 heavy (non-hydrogen) atoms. The summed E-state index contributed by atoms with van der Waals surface area (Å²) >= 11 is 0. The van der Waals surface area contributed by atoms with E-state index in [1.807, 2.05) is 5.32 Å². The van der Waals surface area contributed by atoms with Crippen LogP contribution in [0.5, 0.6) is 0 Å². The zero-order chi connectivity index (χ0) is 15.6. The van der Waals surface area contributed by atoms with Crippen LogP contribution in [0.25, 0.3) is 0 Å². The van der Waals surface area contributed by atoms with Crippen molar-refractivity contribution in [1.29, 1.82) is 0 Å². The molecule has 0 aliphatic carbocycles. The second-order valence-electron chi connectivity index (χ2n) is 5.06. The van der Waals surface area contributed by atoms with E-state index in [-0.39, 0.29) is 0 Å². The molecule has 0 fully saturated rings. The number of amides is 1.